The molecule has 3 aromatic heterocycles. The van der Waals surface area contributed by atoms with Crippen molar-refractivity contribution < 1.29 is 13.4 Å². The van der Waals surface area contributed by atoms with Gasteiger partial charge in [0.2, 0.25) is 0 Å². The summed E-state index contributed by atoms with van der Waals surface area (Å²) < 4.78 is 31.1. The third-order valence-corrected chi connectivity index (χ3v) is 11.3. The van der Waals surface area contributed by atoms with Crippen LogP contribution in [0.3, 0.4) is 0 Å². The second kappa shape index (κ2) is 9.66. The Labute approximate surface area is 233 Å². The second-order valence-corrected chi connectivity index (χ2v) is 13.9. The normalized spacial score (nSPS) is 22.5. The van der Waals surface area contributed by atoms with Crippen molar-refractivity contribution in [2.24, 2.45) is 18.4 Å². The summed E-state index contributed by atoms with van der Waals surface area (Å²) in [5.74, 6) is 3.85. The van der Waals surface area contributed by atoms with Crippen molar-refractivity contribution in [2.45, 2.75) is 49.7 Å². The summed E-state index contributed by atoms with van der Waals surface area (Å²) >= 11 is 0. The van der Waals surface area contributed by atoms with E-state index in [4.69, 9.17) is 0 Å². The number of ketones is 1. The van der Waals surface area contributed by atoms with Crippen LogP contribution >= 0.6 is 0 Å². The Balaban J connectivity index is 1.42. The Hall–Kier alpha value is -3.85. The minimum absolute atomic E-state index is 0.00504. The SMILES string of the molecule is C=S(=O)(c1cnn(C)c1)[C@@H](C)[C@H]1CCC2=Cc3c(cnn3-c3ccc(F)cc3)C[C@]2(C(=O)c2ccc(C)cn2)C1. The van der Waals surface area contributed by atoms with Crippen LogP contribution in [-0.4, -0.2) is 45.7 Å². The van der Waals surface area contributed by atoms with Gasteiger partial charge < -0.3 is 0 Å². The molecule has 0 N–H and O–H groups in total. The van der Waals surface area contributed by atoms with Crippen molar-refractivity contribution in [1.29, 1.82) is 0 Å². The fourth-order valence-corrected chi connectivity index (χ4v) is 8.13. The van der Waals surface area contributed by atoms with Crippen molar-refractivity contribution in [3.63, 3.8) is 0 Å². The van der Waals surface area contributed by atoms with Crippen LogP contribution in [0.2, 0.25) is 0 Å². The van der Waals surface area contributed by atoms with Crippen molar-refractivity contribution in [1.82, 2.24) is 24.5 Å². The molecule has 4 atom stereocenters. The van der Waals surface area contributed by atoms with Crippen LogP contribution in [0.15, 0.2) is 71.7 Å². The van der Waals surface area contributed by atoms with Crippen molar-refractivity contribution in [3.8, 4) is 5.69 Å². The number of fused-ring (bicyclic) bond motifs is 2. The molecule has 0 saturated heterocycles. The number of pyridine rings is 1. The molecule has 3 heterocycles. The summed E-state index contributed by atoms with van der Waals surface area (Å²) in [6.45, 7) is 3.94. The van der Waals surface area contributed by atoms with Gasteiger partial charge in [-0.1, -0.05) is 18.6 Å². The van der Waals surface area contributed by atoms with Crippen LogP contribution < -0.4 is 0 Å². The number of benzene rings is 1. The average Bonchev–Trinajstić information content (AvgIpc) is 3.57. The minimum Gasteiger partial charge on any atom is -0.291 e. The number of nitrogens with zero attached hydrogens (tertiary/aromatic N) is 5. The van der Waals surface area contributed by atoms with Crippen molar-refractivity contribution >= 4 is 27.3 Å². The number of hydrogen-bond acceptors (Lipinski definition) is 5. The Morgan fingerprint density at radius 2 is 1.93 bits per heavy atom. The summed E-state index contributed by atoms with van der Waals surface area (Å²) in [7, 11) is -0.850. The van der Waals surface area contributed by atoms with E-state index in [2.05, 4.69) is 27.1 Å². The average molecular weight is 558 g/mol. The Morgan fingerprint density at radius 3 is 2.60 bits per heavy atom. The number of halogens is 1. The van der Waals surface area contributed by atoms with Crippen LogP contribution in [-0.2, 0) is 23.0 Å². The zero-order chi connectivity index (χ0) is 28.2. The van der Waals surface area contributed by atoms with E-state index < -0.39 is 14.9 Å². The molecule has 1 fully saturated rings. The Bertz CT molecular complexity index is 1730. The predicted octanol–water partition coefficient (Wildman–Crippen LogP) is 5.22. The van der Waals surface area contributed by atoms with Gasteiger partial charge in [0.15, 0.2) is 5.78 Å². The first-order chi connectivity index (χ1) is 19.1. The molecule has 1 saturated carbocycles. The lowest BCUT2D eigenvalue weighted by atomic mass is 9.58. The first kappa shape index (κ1) is 26.4. The lowest BCUT2D eigenvalue weighted by molar-refractivity contribution is 0.0754. The molecule has 1 aromatic carbocycles. The van der Waals surface area contributed by atoms with Gasteiger partial charge in [-0.2, -0.15) is 10.2 Å². The molecule has 2 aliphatic rings. The van der Waals surface area contributed by atoms with E-state index in [1.807, 2.05) is 19.9 Å². The molecule has 40 heavy (non-hydrogen) atoms. The quantitative estimate of drug-likeness (QED) is 0.240. The van der Waals surface area contributed by atoms with E-state index in [9.17, 15) is 13.4 Å². The molecule has 0 spiro atoms. The summed E-state index contributed by atoms with van der Waals surface area (Å²) in [6, 6.07) is 9.95. The van der Waals surface area contributed by atoms with Gasteiger partial charge in [0.25, 0.3) is 0 Å². The number of carbonyl (C=O) groups is 1. The molecule has 0 amide bonds. The predicted molar refractivity (Wildman–Crippen MR) is 154 cm³/mol. The van der Waals surface area contributed by atoms with Gasteiger partial charge in [0, 0.05) is 34.2 Å². The van der Waals surface area contributed by atoms with Gasteiger partial charge in [-0.05, 0) is 91.9 Å². The molecule has 206 valence electrons. The smallest absolute Gasteiger partial charge is 0.191 e. The van der Waals surface area contributed by atoms with E-state index in [-0.39, 0.29) is 22.8 Å². The third-order valence-electron chi connectivity index (χ3n) is 8.69. The van der Waals surface area contributed by atoms with E-state index in [1.54, 1.807) is 59.4 Å². The first-order valence-corrected chi connectivity index (χ1v) is 15.2. The molecule has 1 unspecified atom stereocenters. The molecule has 4 aromatic rings. The summed E-state index contributed by atoms with van der Waals surface area (Å²) in [5.41, 5.74) is 4.24. The van der Waals surface area contributed by atoms with E-state index in [0.717, 1.165) is 34.5 Å². The number of aryl methyl sites for hydroxylation is 2. The number of rotatable bonds is 6. The van der Waals surface area contributed by atoms with E-state index >= 15 is 0 Å². The molecular formula is C31H32FN5O2S. The van der Waals surface area contributed by atoms with Crippen LogP contribution in [0.25, 0.3) is 11.8 Å². The second-order valence-electron chi connectivity index (χ2n) is 11.2. The van der Waals surface area contributed by atoms with Crippen LogP contribution in [0.4, 0.5) is 4.39 Å². The van der Waals surface area contributed by atoms with E-state index in [0.29, 0.717) is 29.9 Å². The van der Waals surface area contributed by atoms with Gasteiger partial charge in [0.1, 0.15) is 11.5 Å². The fourth-order valence-electron chi connectivity index (χ4n) is 6.29. The largest absolute Gasteiger partial charge is 0.291 e. The maximum absolute atomic E-state index is 14.4. The number of hydrogen-bond donors (Lipinski definition) is 0. The van der Waals surface area contributed by atoms with Crippen molar-refractivity contribution in [3.05, 3.63) is 95.1 Å². The standard InChI is InChI=1S/C31H32FN5O2S/c1-20-5-12-28(33-16-20)30(38)31-14-22(21(2)40(4,39)27-18-34-36(3)19-27)6-7-24(31)13-29-23(15-31)17-35-37(29)26-10-8-25(32)9-11-26/h5,8-13,16-19,21-22H,4,6-7,14-15H2,1-3H3/t21-,22-,31+,40?/m0/s1. The van der Waals surface area contributed by atoms with E-state index in [1.165, 1.54) is 12.1 Å². The Kier molecular flexibility index (Phi) is 6.37. The lowest BCUT2D eigenvalue weighted by Gasteiger charge is -2.45. The summed E-state index contributed by atoms with van der Waals surface area (Å²) in [5, 5.41) is 8.59. The van der Waals surface area contributed by atoms with Crippen LogP contribution in [0, 0.1) is 24.1 Å². The molecule has 0 radical (unpaired) electrons. The molecule has 0 aliphatic heterocycles. The zero-order valence-electron chi connectivity index (χ0n) is 22.9. The molecular weight excluding hydrogens is 525 g/mol. The Morgan fingerprint density at radius 1 is 1.15 bits per heavy atom. The highest BCUT2D eigenvalue weighted by atomic mass is 32.2. The highest BCUT2D eigenvalue weighted by molar-refractivity contribution is 8.00. The molecule has 6 rings (SSSR count). The molecule has 0 bridgehead atoms. The van der Waals surface area contributed by atoms with Gasteiger partial charge in [0.05, 0.1) is 34.1 Å². The number of carbonyl (C=O) groups excluding carboxylic acids is 1. The topological polar surface area (TPSA) is 82.7 Å². The number of Topliss-reactive ketones (excluding diaryl/α,β-unsaturated/α-hetero) is 1. The van der Waals surface area contributed by atoms with Crippen LogP contribution in [0.5, 0.6) is 0 Å². The van der Waals surface area contributed by atoms with Crippen LogP contribution in [0.1, 0.15) is 53.5 Å². The van der Waals surface area contributed by atoms with Gasteiger partial charge in [-0.3, -0.25) is 18.7 Å². The van der Waals surface area contributed by atoms with Gasteiger partial charge in [-0.25, -0.2) is 9.07 Å². The first-order valence-electron chi connectivity index (χ1n) is 13.4. The van der Waals surface area contributed by atoms with Crippen molar-refractivity contribution in [2.75, 3.05) is 0 Å². The monoisotopic (exact) mass is 557 g/mol. The molecule has 2 aliphatic carbocycles. The summed E-state index contributed by atoms with van der Waals surface area (Å²) in [6.07, 6.45) is 11.5. The minimum atomic E-state index is -2.65. The number of allylic oxidation sites excluding steroid dienone is 1. The van der Waals surface area contributed by atoms with Gasteiger partial charge in [-0.15, -0.1) is 0 Å². The highest BCUT2D eigenvalue weighted by Gasteiger charge is 2.51. The zero-order valence-corrected chi connectivity index (χ0v) is 23.7. The molecule has 9 heteroatoms. The maximum atomic E-state index is 14.4. The molecule has 7 nitrogen and oxygen atoms in total. The number of aromatic nitrogens is 5. The maximum Gasteiger partial charge on any atom is 0.191 e. The fraction of sp³-hybridized carbons (Fsp3) is 0.323. The highest BCUT2D eigenvalue weighted by Crippen LogP contribution is 2.53. The lowest BCUT2D eigenvalue weighted by Crippen LogP contribution is -2.45. The third kappa shape index (κ3) is 4.33. The van der Waals surface area contributed by atoms with Gasteiger partial charge >= 0.3 is 0 Å². The summed E-state index contributed by atoms with van der Waals surface area (Å²) in [4.78, 5) is 19.6.